The first-order chi connectivity index (χ1) is 8.12. The number of aliphatic imine (C=N–C) groups is 1. The molecule has 1 atom stereocenters. The zero-order valence-corrected chi connectivity index (χ0v) is 11.9. The van der Waals surface area contributed by atoms with Crippen molar-refractivity contribution in [2.75, 3.05) is 6.61 Å². The van der Waals surface area contributed by atoms with E-state index in [0.29, 0.717) is 19.4 Å². The smallest absolute Gasteiger partial charge is 0.245 e. The van der Waals surface area contributed by atoms with Crippen molar-refractivity contribution in [2.45, 2.75) is 38.7 Å². The molecule has 17 heavy (non-hydrogen) atoms. The summed E-state index contributed by atoms with van der Waals surface area (Å²) < 4.78 is 6.75. The molecular weight excluding hydrogens is 282 g/mol. The van der Waals surface area contributed by atoms with Crippen molar-refractivity contribution < 1.29 is 9.53 Å². The van der Waals surface area contributed by atoms with Crippen LogP contribution in [0.25, 0.3) is 0 Å². The van der Waals surface area contributed by atoms with Crippen LogP contribution in [0.3, 0.4) is 0 Å². The van der Waals surface area contributed by atoms with Crippen LogP contribution in [0.5, 0.6) is 0 Å². The summed E-state index contributed by atoms with van der Waals surface area (Å²) >= 11 is 3.45. The number of hydrogen-bond donors (Lipinski definition) is 0. The van der Waals surface area contributed by atoms with Crippen LogP contribution in [0.4, 0.5) is 0 Å². The quantitative estimate of drug-likeness (QED) is 0.730. The molecule has 0 bridgehead atoms. The second kappa shape index (κ2) is 6.87. The molecule has 0 N–H and O–H groups in total. The first-order valence-electron chi connectivity index (χ1n) is 5.88. The lowest BCUT2D eigenvalue weighted by Gasteiger charge is -2.28. The van der Waals surface area contributed by atoms with E-state index in [2.05, 4.69) is 20.9 Å². The van der Waals surface area contributed by atoms with Crippen molar-refractivity contribution in [3.05, 3.63) is 22.7 Å². The van der Waals surface area contributed by atoms with Gasteiger partial charge in [0.1, 0.15) is 5.60 Å². The van der Waals surface area contributed by atoms with E-state index in [9.17, 15) is 4.79 Å². The van der Waals surface area contributed by atoms with Gasteiger partial charge in [-0.3, -0.25) is 4.79 Å². The Balaban J connectivity index is 2.76. The van der Waals surface area contributed by atoms with Crippen molar-refractivity contribution >= 4 is 28.1 Å². The van der Waals surface area contributed by atoms with Gasteiger partial charge in [0.15, 0.2) is 0 Å². The lowest BCUT2D eigenvalue weighted by Crippen LogP contribution is -2.34. The summed E-state index contributed by atoms with van der Waals surface area (Å²) in [6, 6.07) is 0. The monoisotopic (exact) mass is 299 g/mol. The second-order valence-electron chi connectivity index (χ2n) is 3.94. The molecule has 0 aromatic carbocycles. The summed E-state index contributed by atoms with van der Waals surface area (Å²) in [6.45, 7) is 4.48. The lowest BCUT2D eigenvalue weighted by molar-refractivity contribution is -0.117. The number of nitrogens with zero attached hydrogens (tertiary/aromatic N) is 1. The van der Waals surface area contributed by atoms with Gasteiger partial charge in [0.25, 0.3) is 0 Å². The Morgan fingerprint density at radius 3 is 3.00 bits per heavy atom. The first kappa shape index (κ1) is 14.3. The summed E-state index contributed by atoms with van der Waals surface area (Å²) in [4.78, 5) is 15.4. The minimum Gasteiger partial charge on any atom is -0.365 e. The fourth-order valence-corrected chi connectivity index (χ4v) is 2.24. The fourth-order valence-electron chi connectivity index (χ4n) is 1.65. The Morgan fingerprint density at radius 1 is 1.65 bits per heavy atom. The Morgan fingerprint density at radius 2 is 2.41 bits per heavy atom. The number of amides is 1. The third kappa shape index (κ3) is 4.56. The van der Waals surface area contributed by atoms with Crippen molar-refractivity contribution in [3.8, 4) is 0 Å². The highest BCUT2D eigenvalue weighted by molar-refractivity contribution is 9.11. The highest BCUT2D eigenvalue weighted by Crippen LogP contribution is 2.28. The summed E-state index contributed by atoms with van der Waals surface area (Å²) in [5.74, 6) is -0.0920. The van der Waals surface area contributed by atoms with Crippen LogP contribution in [0.2, 0.25) is 0 Å². The molecule has 1 aliphatic rings. The molecule has 1 amide bonds. The molecule has 1 unspecified atom stereocenters. The highest BCUT2D eigenvalue weighted by atomic mass is 79.9. The predicted octanol–water partition coefficient (Wildman–Crippen LogP) is 3.40. The van der Waals surface area contributed by atoms with E-state index in [4.69, 9.17) is 4.74 Å². The molecule has 4 heteroatoms. The van der Waals surface area contributed by atoms with Gasteiger partial charge in [-0.15, -0.1) is 0 Å². The van der Waals surface area contributed by atoms with Crippen LogP contribution in [-0.2, 0) is 9.53 Å². The molecule has 1 rings (SSSR count). The van der Waals surface area contributed by atoms with Gasteiger partial charge < -0.3 is 4.74 Å². The van der Waals surface area contributed by atoms with Gasteiger partial charge >= 0.3 is 0 Å². The van der Waals surface area contributed by atoms with Crippen LogP contribution in [0.1, 0.15) is 33.1 Å². The number of allylic oxidation sites excluding steroid dienone is 2. The van der Waals surface area contributed by atoms with Crippen molar-refractivity contribution in [1.29, 1.82) is 0 Å². The van der Waals surface area contributed by atoms with E-state index in [1.807, 2.05) is 32.1 Å². The topological polar surface area (TPSA) is 38.7 Å². The maximum atomic E-state index is 11.4. The Kier molecular flexibility index (Phi) is 5.78. The molecule has 0 saturated carbocycles. The van der Waals surface area contributed by atoms with Gasteiger partial charge in [-0.25, -0.2) is 4.99 Å². The highest BCUT2D eigenvalue weighted by Gasteiger charge is 2.28. The Hall–Kier alpha value is -0.740. The van der Waals surface area contributed by atoms with Crippen LogP contribution in [0, 0.1) is 0 Å². The minimum absolute atomic E-state index is 0.0920. The first-order valence-corrected chi connectivity index (χ1v) is 6.67. The number of rotatable bonds is 5. The molecule has 0 aromatic heterocycles. The molecule has 0 radical (unpaired) electrons. The normalized spacial score (nSPS) is 24.1. The van der Waals surface area contributed by atoms with Gasteiger partial charge in [-0.1, -0.05) is 35.0 Å². The molecule has 0 saturated heterocycles. The van der Waals surface area contributed by atoms with E-state index < -0.39 is 5.60 Å². The predicted molar refractivity (Wildman–Crippen MR) is 73.5 cm³/mol. The number of carbonyl (C=O) groups excluding carboxylic acids is 1. The van der Waals surface area contributed by atoms with Gasteiger partial charge in [0, 0.05) is 25.7 Å². The SMILES string of the molecule is CCCC(=O)/N=C/C1(OCC)C=CC=C(Br)C1. The largest absolute Gasteiger partial charge is 0.365 e. The van der Waals surface area contributed by atoms with E-state index in [1.165, 1.54) is 0 Å². The summed E-state index contributed by atoms with van der Waals surface area (Å²) in [5.41, 5.74) is -0.578. The van der Waals surface area contributed by atoms with Crippen molar-refractivity contribution in [3.63, 3.8) is 0 Å². The van der Waals surface area contributed by atoms with Crippen molar-refractivity contribution in [2.24, 2.45) is 4.99 Å². The van der Waals surface area contributed by atoms with Crippen molar-refractivity contribution in [1.82, 2.24) is 0 Å². The van der Waals surface area contributed by atoms with Gasteiger partial charge in [0.2, 0.25) is 5.91 Å². The number of ether oxygens (including phenoxy) is 1. The zero-order valence-electron chi connectivity index (χ0n) is 10.3. The maximum Gasteiger partial charge on any atom is 0.245 e. The molecule has 0 spiro atoms. The zero-order chi connectivity index (χ0) is 12.7. The molecule has 0 aliphatic heterocycles. The number of carbonyl (C=O) groups is 1. The third-order valence-corrected chi connectivity index (χ3v) is 2.95. The van der Waals surface area contributed by atoms with Crippen LogP contribution in [0.15, 0.2) is 27.7 Å². The molecule has 0 aromatic rings. The summed E-state index contributed by atoms with van der Waals surface area (Å²) in [6.07, 6.45) is 9.43. The van der Waals surface area contributed by atoms with Crippen LogP contribution >= 0.6 is 15.9 Å². The van der Waals surface area contributed by atoms with E-state index in [-0.39, 0.29) is 5.91 Å². The van der Waals surface area contributed by atoms with Crippen LogP contribution in [-0.4, -0.2) is 24.3 Å². The molecular formula is C13H18BrNO2. The lowest BCUT2D eigenvalue weighted by atomic mass is 9.96. The molecule has 3 nitrogen and oxygen atoms in total. The average Bonchev–Trinajstić information content (AvgIpc) is 2.27. The van der Waals surface area contributed by atoms with E-state index in [0.717, 1.165) is 10.9 Å². The maximum absolute atomic E-state index is 11.4. The molecule has 1 aliphatic carbocycles. The summed E-state index contributed by atoms with van der Waals surface area (Å²) in [5, 5.41) is 0. The fraction of sp³-hybridized carbons (Fsp3) is 0.538. The minimum atomic E-state index is -0.578. The number of hydrogen-bond acceptors (Lipinski definition) is 2. The Labute approximate surface area is 111 Å². The van der Waals surface area contributed by atoms with E-state index >= 15 is 0 Å². The van der Waals surface area contributed by atoms with Gasteiger partial charge in [-0.2, -0.15) is 0 Å². The average molecular weight is 300 g/mol. The van der Waals surface area contributed by atoms with Gasteiger partial charge in [-0.05, 0) is 23.9 Å². The van der Waals surface area contributed by atoms with Gasteiger partial charge in [0.05, 0.1) is 0 Å². The standard InChI is InChI=1S/C13H18BrNO2/c1-3-6-12(16)15-10-13(17-4-2)8-5-7-11(14)9-13/h5,7-8,10H,3-4,6,9H2,1-2H3/b15-10+. The molecule has 94 valence electrons. The molecule has 0 fully saturated rings. The second-order valence-corrected chi connectivity index (χ2v) is 4.96. The van der Waals surface area contributed by atoms with E-state index in [1.54, 1.807) is 6.21 Å². The third-order valence-electron chi connectivity index (χ3n) is 2.40. The summed E-state index contributed by atoms with van der Waals surface area (Å²) in [7, 11) is 0. The Bertz CT molecular complexity index is 360. The number of halogens is 1. The van der Waals surface area contributed by atoms with Crippen LogP contribution < -0.4 is 0 Å². The molecule has 0 heterocycles.